The number of hydrogen-bond donors (Lipinski definition) is 0. The Morgan fingerprint density at radius 2 is 1.91 bits per heavy atom. The van der Waals surface area contributed by atoms with Gasteiger partial charge in [0, 0.05) is 11.8 Å². The highest BCUT2D eigenvalue weighted by atomic mass is 32.2. The average Bonchev–Trinajstić information content (AvgIpc) is 2.52. The van der Waals surface area contributed by atoms with Gasteiger partial charge in [0.1, 0.15) is 18.2 Å². The predicted molar refractivity (Wildman–Crippen MR) is 81.6 cm³/mol. The van der Waals surface area contributed by atoms with Crippen LogP contribution in [-0.4, -0.2) is 27.8 Å². The molecule has 2 rings (SSSR count). The van der Waals surface area contributed by atoms with Crippen LogP contribution in [0.1, 0.15) is 15.9 Å². The van der Waals surface area contributed by atoms with Gasteiger partial charge in [0.2, 0.25) is 0 Å². The van der Waals surface area contributed by atoms with Crippen molar-refractivity contribution in [1.82, 2.24) is 0 Å². The fraction of sp³-hybridized carbons (Fsp3) is 0.188. The Balaban J connectivity index is 2.16. The van der Waals surface area contributed by atoms with Crippen molar-refractivity contribution in [3.8, 4) is 5.75 Å². The molecule has 0 aliphatic rings. The van der Waals surface area contributed by atoms with Crippen LogP contribution in [0.25, 0.3) is 0 Å². The van der Waals surface area contributed by atoms with Crippen LogP contribution in [0, 0.1) is 5.82 Å². The van der Waals surface area contributed by atoms with Crippen LogP contribution < -0.4 is 4.74 Å². The molecule has 122 valence electrons. The maximum absolute atomic E-state index is 13.3. The Bertz CT molecular complexity index is 830. The molecule has 23 heavy (non-hydrogen) atoms. The third-order valence-corrected chi connectivity index (χ3v) is 4.21. The predicted octanol–water partition coefficient (Wildman–Crippen LogP) is 2.59. The van der Waals surface area contributed by atoms with Gasteiger partial charge in [-0.15, -0.1) is 0 Å². The van der Waals surface area contributed by atoms with Crippen LogP contribution in [-0.2, 0) is 21.2 Å². The summed E-state index contributed by atoms with van der Waals surface area (Å²) in [6.07, 6.45) is 1.05. The molecule has 0 atom stereocenters. The van der Waals surface area contributed by atoms with Crippen LogP contribution in [0.15, 0.2) is 47.4 Å². The summed E-state index contributed by atoms with van der Waals surface area (Å²) in [7, 11) is -1.99. The number of rotatable bonds is 5. The van der Waals surface area contributed by atoms with Crippen molar-refractivity contribution >= 4 is 15.8 Å². The summed E-state index contributed by atoms with van der Waals surface area (Å²) in [6, 6.07) is 9.40. The first-order chi connectivity index (χ1) is 10.8. The summed E-state index contributed by atoms with van der Waals surface area (Å²) in [6.45, 7) is -0.192. The van der Waals surface area contributed by atoms with Crippen LogP contribution in [0.2, 0.25) is 0 Å². The minimum Gasteiger partial charge on any atom is -0.496 e. The zero-order valence-corrected chi connectivity index (χ0v) is 13.4. The van der Waals surface area contributed by atoms with E-state index in [4.69, 9.17) is 9.47 Å². The zero-order chi connectivity index (χ0) is 17.0. The molecule has 0 unspecified atom stereocenters. The van der Waals surface area contributed by atoms with Gasteiger partial charge in [-0.2, -0.15) is 0 Å². The molecule has 0 heterocycles. The molecule has 0 saturated heterocycles. The third kappa shape index (κ3) is 4.29. The monoisotopic (exact) mass is 338 g/mol. The largest absolute Gasteiger partial charge is 0.496 e. The van der Waals surface area contributed by atoms with Gasteiger partial charge in [0.15, 0.2) is 9.84 Å². The normalized spacial score (nSPS) is 11.1. The summed E-state index contributed by atoms with van der Waals surface area (Å²) < 4.78 is 46.4. The van der Waals surface area contributed by atoms with E-state index in [2.05, 4.69) is 0 Å². The fourth-order valence-corrected chi connectivity index (χ4v) is 2.61. The van der Waals surface area contributed by atoms with E-state index in [0.717, 1.165) is 6.26 Å². The fourth-order valence-electron chi connectivity index (χ4n) is 1.94. The molecule has 0 saturated carbocycles. The molecule has 2 aromatic rings. The van der Waals surface area contributed by atoms with Gasteiger partial charge in [0.25, 0.3) is 0 Å². The number of sulfone groups is 1. The molecule has 0 spiro atoms. The summed E-state index contributed by atoms with van der Waals surface area (Å²) in [5.41, 5.74) is 0.475. The van der Waals surface area contributed by atoms with Crippen molar-refractivity contribution in [1.29, 1.82) is 0 Å². The summed E-state index contributed by atoms with van der Waals surface area (Å²) in [5.74, 6) is -0.790. The van der Waals surface area contributed by atoms with Gasteiger partial charge in [-0.1, -0.05) is 6.07 Å². The van der Waals surface area contributed by atoms with Crippen molar-refractivity contribution < 1.29 is 27.1 Å². The first-order valence-corrected chi connectivity index (χ1v) is 8.50. The van der Waals surface area contributed by atoms with E-state index in [9.17, 15) is 17.6 Å². The number of benzene rings is 2. The van der Waals surface area contributed by atoms with Crippen LogP contribution in [0.3, 0.4) is 0 Å². The minimum atomic E-state index is -3.42. The number of methoxy groups -OCH3 is 1. The molecule has 2 aromatic carbocycles. The van der Waals surface area contributed by atoms with Gasteiger partial charge >= 0.3 is 5.97 Å². The molecular formula is C16H15FO5S. The van der Waals surface area contributed by atoms with Gasteiger partial charge in [-0.3, -0.25) is 0 Å². The lowest BCUT2D eigenvalue weighted by atomic mass is 10.2. The van der Waals surface area contributed by atoms with Gasteiger partial charge < -0.3 is 9.47 Å². The van der Waals surface area contributed by atoms with Crippen LogP contribution in [0.4, 0.5) is 4.39 Å². The maximum Gasteiger partial charge on any atom is 0.338 e. The third-order valence-electron chi connectivity index (χ3n) is 3.10. The number of halogens is 1. The van der Waals surface area contributed by atoms with E-state index >= 15 is 0 Å². The lowest BCUT2D eigenvalue weighted by Gasteiger charge is -2.10. The molecule has 7 heteroatoms. The average molecular weight is 338 g/mol. The number of esters is 1. The quantitative estimate of drug-likeness (QED) is 0.784. The first kappa shape index (κ1) is 17.0. The van der Waals surface area contributed by atoms with Crippen LogP contribution in [0.5, 0.6) is 5.75 Å². The second-order valence-electron chi connectivity index (χ2n) is 4.83. The van der Waals surface area contributed by atoms with Crippen molar-refractivity contribution in [2.24, 2.45) is 0 Å². The number of carbonyl (C=O) groups is 1. The smallest absolute Gasteiger partial charge is 0.338 e. The minimum absolute atomic E-state index is 0.0234. The Morgan fingerprint density at radius 3 is 2.57 bits per heavy atom. The lowest BCUT2D eigenvalue weighted by molar-refractivity contribution is 0.0469. The Morgan fingerprint density at radius 1 is 1.17 bits per heavy atom. The molecular weight excluding hydrogens is 323 g/mol. The summed E-state index contributed by atoms with van der Waals surface area (Å²) in [4.78, 5) is 12.1. The maximum atomic E-state index is 13.3. The van der Waals surface area contributed by atoms with Crippen molar-refractivity contribution in [3.05, 3.63) is 59.4 Å². The van der Waals surface area contributed by atoms with Gasteiger partial charge in [-0.25, -0.2) is 17.6 Å². The SMILES string of the molecule is COc1ccc(F)cc1COC(=O)c1cccc(S(C)(=O)=O)c1. The molecule has 0 amide bonds. The number of hydrogen-bond acceptors (Lipinski definition) is 5. The standard InChI is InChI=1S/C16H15FO5S/c1-21-15-7-6-13(17)8-12(15)10-22-16(18)11-4-3-5-14(9-11)23(2,19)20/h3-9H,10H2,1-2H3. The molecule has 5 nitrogen and oxygen atoms in total. The van der Waals surface area contributed by atoms with E-state index in [0.29, 0.717) is 11.3 Å². The zero-order valence-electron chi connectivity index (χ0n) is 12.6. The van der Waals surface area contributed by atoms with Gasteiger partial charge in [0.05, 0.1) is 17.6 Å². The lowest BCUT2D eigenvalue weighted by Crippen LogP contribution is -2.07. The van der Waals surface area contributed by atoms with E-state index in [-0.39, 0.29) is 17.1 Å². The second kappa shape index (κ2) is 6.78. The summed E-state index contributed by atoms with van der Waals surface area (Å²) >= 11 is 0. The number of carbonyl (C=O) groups excluding carboxylic acids is 1. The highest BCUT2D eigenvalue weighted by Gasteiger charge is 2.14. The molecule has 0 radical (unpaired) electrons. The molecule has 0 aliphatic heterocycles. The van der Waals surface area contributed by atoms with Crippen molar-refractivity contribution in [3.63, 3.8) is 0 Å². The molecule has 0 bridgehead atoms. The molecule has 0 fully saturated rings. The van der Waals surface area contributed by atoms with Gasteiger partial charge in [-0.05, 0) is 36.4 Å². The highest BCUT2D eigenvalue weighted by molar-refractivity contribution is 7.90. The summed E-state index contributed by atoms with van der Waals surface area (Å²) in [5, 5.41) is 0. The van der Waals surface area contributed by atoms with E-state index in [1.807, 2.05) is 0 Å². The van der Waals surface area contributed by atoms with Crippen LogP contribution >= 0.6 is 0 Å². The first-order valence-electron chi connectivity index (χ1n) is 6.61. The van der Waals surface area contributed by atoms with Crippen molar-refractivity contribution in [2.45, 2.75) is 11.5 Å². The van der Waals surface area contributed by atoms with E-state index < -0.39 is 21.6 Å². The topological polar surface area (TPSA) is 69.7 Å². The molecule has 0 aromatic heterocycles. The molecule has 0 aliphatic carbocycles. The van der Waals surface area contributed by atoms with E-state index in [1.165, 1.54) is 49.6 Å². The number of ether oxygens (including phenoxy) is 2. The Hall–Kier alpha value is -2.41. The Labute approximate surface area is 133 Å². The van der Waals surface area contributed by atoms with E-state index in [1.54, 1.807) is 0 Å². The highest BCUT2D eigenvalue weighted by Crippen LogP contribution is 2.21. The Kier molecular flexibility index (Phi) is 5.00. The second-order valence-corrected chi connectivity index (χ2v) is 6.85. The molecule has 0 N–H and O–H groups in total. The van der Waals surface area contributed by atoms with Crippen molar-refractivity contribution in [2.75, 3.05) is 13.4 Å².